The molecule has 0 atom stereocenters. The summed E-state index contributed by atoms with van der Waals surface area (Å²) < 4.78 is 6.20. The lowest BCUT2D eigenvalue weighted by Gasteiger charge is -2.07. The Morgan fingerprint density at radius 1 is 1.35 bits per heavy atom. The van der Waals surface area contributed by atoms with Gasteiger partial charge in [-0.15, -0.1) is 0 Å². The van der Waals surface area contributed by atoms with Gasteiger partial charge in [0.05, 0.1) is 5.69 Å². The maximum absolute atomic E-state index is 5.75. The third kappa shape index (κ3) is 3.41. The van der Waals surface area contributed by atoms with Crippen molar-refractivity contribution in [3.05, 3.63) is 51.5 Å². The Morgan fingerprint density at radius 2 is 2.18 bits per heavy atom. The van der Waals surface area contributed by atoms with E-state index in [-0.39, 0.29) is 0 Å². The first kappa shape index (κ1) is 12.3. The van der Waals surface area contributed by atoms with Gasteiger partial charge in [-0.3, -0.25) is 4.98 Å². The number of hydrogen-bond donors (Lipinski definition) is 0. The average molecular weight is 314 g/mol. The predicted octanol–water partition coefficient (Wildman–Crippen LogP) is 3.78. The van der Waals surface area contributed by atoms with Gasteiger partial charge in [0.15, 0.2) is 5.75 Å². The topological polar surface area (TPSA) is 35.0 Å². The van der Waals surface area contributed by atoms with E-state index < -0.39 is 0 Å². The van der Waals surface area contributed by atoms with Gasteiger partial charge < -0.3 is 4.74 Å². The van der Waals surface area contributed by atoms with Crippen LogP contribution >= 0.6 is 27.5 Å². The van der Waals surface area contributed by atoms with E-state index in [1.54, 1.807) is 18.3 Å². The number of aryl methyl sites for hydroxylation is 1. The number of rotatable bonds is 3. The van der Waals surface area contributed by atoms with Gasteiger partial charge >= 0.3 is 0 Å². The third-order valence-electron chi connectivity index (χ3n) is 2.13. The highest BCUT2D eigenvalue weighted by Crippen LogP contribution is 2.25. The Morgan fingerprint density at radius 3 is 2.88 bits per heavy atom. The molecule has 17 heavy (non-hydrogen) atoms. The van der Waals surface area contributed by atoms with Crippen LogP contribution in [0.1, 0.15) is 11.3 Å². The van der Waals surface area contributed by atoms with Crippen LogP contribution in [0.5, 0.6) is 5.75 Å². The lowest BCUT2D eigenvalue weighted by atomic mass is 10.2. The van der Waals surface area contributed by atoms with E-state index in [9.17, 15) is 0 Å². The first-order valence-electron chi connectivity index (χ1n) is 5.01. The van der Waals surface area contributed by atoms with Gasteiger partial charge in [-0.2, -0.15) is 0 Å². The molecule has 2 heterocycles. The quantitative estimate of drug-likeness (QED) is 0.809. The minimum atomic E-state index is 0.406. The Balaban J connectivity index is 2.07. The summed E-state index contributed by atoms with van der Waals surface area (Å²) in [7, 11) is 0. The molecule has 3 nitrogen and oxygen atoms in total. The second-order valence-electron chi connectivity index (χ2n) is 3.54. The lowest BCUT2D eigenvalue weighted by molar-refractivity contribution is 0.298. The monoisotopic (exact) mass is 312 g/mol. The minimum absolute atomic E-state index is 0.406. The molecule has 0 bridgehead atoms. The van der Waals surface area contributed by atoms with Crippen LogP contribution in [0.4, 0.5) is 0 Å². The summed E-state index contributed by atoms with van der Waals surface area (Å²) in [4.78, 5) is 8.26. The fourth-order valence-corrected chi connectivity index (χ4v) is 2.02. The van der Waals surface area contributed by atoms with Gasteiger partial charge in [0, 0.05) is 6.20 Å². The molecule has 0 radical (unpaired) electrons. The second kappa shape index (κ2) is 5.47. The van der Waals surface area contributed by atoms with Crippen LogP contribution in [-0.4, -0.2) is 9.97 Å². The van der Waals surface area contributed by atoms with Gasteiger partial charge in [0.1, 0.15) is 16.4 Å². The summed E-state index contributed by atoms with van der Waals surface area (Å²) >= 11 is 9.04. The standard InChI is InChI=1S/C12H10BrClN2O/c1-8-4-5-15-9(6-8)7-17-10-2-3-11(14)16-12(10)13/h2-6H,7H2,1H3. The van der Waals surface area contributed by atoms with Crippen LogP contribution in [0.15, 0.2) is 35.1 Å². The van der Waals surface area contributed by atoms with Crippen LogP contribution in [0.25, 0.3) is 0 Å². The van der Waals surface area contributed by atoms with E-state index in [4.69, 9.17) is 16.3 Å². The molecule has 0 fully saturated rings. The number of nitrogens with zero attached hydrogens (tertiary/aromatic N) is 2. The van der Waals surface area contributed by atoms with Crippen LogP contribution < -0.4 is 4.74 Å². The third-order valence-corrected chi connectivity index (χ3v) is 2.91. The predicted molar refractivity (Wildman–Crippen MR) is 70.3 cm³/mol. The molecule has 0 amide bonds. The maximum atomic E-state index is 5.75. The highest BCUT2D eigenvalue weighted by atomic mass is 79.9. The van der Waals surface area contributed by atoms with Gasteiger partial charge in [-0.1, -0.05) is 11.6 Å². The van der Waals surface area contributed by atoms with E-state index in [2.05, 4.69) is 25.9 Å². The molecule has 0 aromatic carbocycles. The molecule has 2 rings (SSSR count). The van der Waals surface area contributed by atoms with Crippen LogP contribution in [0, 0.1) is 6.92 Å². The van der Waals surface area contributed by atoms with E-state index in [0.717, 1.165) is 11.3 Å². The summed E-state index contributed by atoms with van der Waals surface area (Å²) in [5.41, 5.74) is 2.04. The number of aromatic nitrogens is 2. The van der Waals surface area contributed by atoms with Gasteiger partial charge in [-0.25, -0.2) is 4.98 Å². The van der Waals surface area contributed by atoms with E-state index in [1.807, 2.05) is 19.1 Å². The highest BCUT2D eigenvalue weighted by Gasteiger charge is 2.04. The van der Waals surface area contributed by atoms with Crippen molar-refractivity contribution in [2.24, 2.45) is 0 Å². The molecule has 5 heteroatoms. The zero-order chi connectivity index (χ0) is 12.3. The summed E-state index contributed by atoms with van der Waals surface area (Å²) in [6.07, 6.45) is 1.77. The van der Waals surface area contributed by atoms with Crippen molar-refractivity contribution in [2.75, 3.05) is 0 Å². The number of halogens is 2. The number of hydrogen-bond acceptors (Lipinski definition) is 3. The normalized spacial score (nSPS) is 10.3. The van der Waals surface area contributed by atoms with Crippen molar-refractivity contribution in [3.63, 3.8) is 0 Å². The van der Waals surface area contributed by atoms with Gasteiger partial charge in [0.25, 0.3) is 0 Å². The van der Waals surface area contributed by atoms with E-state index in [1.165, 1.54) is 0 Å². The number of pyridine rings is 2. The average Bonchev–Trinajstić information content (AvgIpc) is 2.28. The Hall–Kier alpha value is -1.13. The van der Waals surface area contributed by atoms with Crippen LogP contribution in [-0.2, 0) is 6.61 Å². The first-order valence-corrected chi connectivity index (χ1v) is 6.18. The zero-order valence-corrected chi connectivity index (χ0v) is 11.5. The molecule has 0 aliphatic rings. The lowest BCUT2D eigenvalue weighted by Crippen LogP contribution is -1.99. The minimum Gasteiger partial charge on any atom is -0.484 e. The molecule has 0 aliphatic heterocycles. The Kier molecular flexibility index (Phi) is 3.97. The summed E-state index contributed by atoms with van der Waals surface area (Å²) in [5, 5.41) is 0.429. The van der Waals surface area contributed by atoms with Crippen LogP contribution in [0.2, 0.25) is 5.15 Å². The molecule has 2 aromatic rings. The molecule has 88 valence electrons. The Labute approximate surface area is 113 Å². The van der Waals surface area contributed by atoms with E-state index in [0.29, 0.717) is 22.1 Å². The zero-order valence-electron chi connectivity index (χ0n) is 9.15. The van der Waals surface area contributed by atoms with Crippen molar-refractivity contribution in [3.8, 4) is 5.75 Å². The smallest absolute Gasteiger partial charge is 0.152 e. The Bertz CT molecular complexity index is 534. The fraction of sp³-hybridized carbons (Fsp3) is 0.167. The summed E-state index contributed by atoms with van der Waals surface area (Å²) in [5.74, 6) is 0.651. The fourth-order valence-electron chi connectivity index (χ4n) is 1.34. The van der Waals surface area contributed by atoms with Crippen molar-refractivity contribution in [1.82, 2.24) is 9.97 Å². The molecule has 0 unspecified atom stereocenters. The SMILES string of the molecule is Cc1ccnc(COc2ccc(Cl)nc2Br)c1. The van der Waals surface area contributed by atoms with Crippen molar-refractivity contribution in [2.45, 2.75) is 13.5 Å². The van der Waals surface area contributed by atoms with Crippen LogP contribution in [0.3, 0.4) is 0 Å². The van der Waals surface area contributed by atoms with Gasteiger partial charge in [0.2, 0.25) is 0 Å². The van der Waals surface area contributed by atoms with Gasteiger partial charge in [-0.05, 0) is 52.7 Å². The summed E-state index contributed by atoms with van der Waals surface area (Å²) in [6, 6.07) is 7.39. The molecule has 0 saturated heterocycles. The largest absolute Gasteiger partial charge is 0.484 e. The molecular weight excluding hydrogens is 304 g/mol. The second-order valence-corrected chi connectivity index (χ2v) is 4.67. The first-order chi connectivity index (χ1) is 8.15. The van der Waals surface area contributed by atoms with Crippen molar-refractivity contribution in [1.29, 1.82) is 0 Å². The molecule has 2 aromatic heterocycles. The summed E-state index contributed by atoms with van der Waals surface area (Å²) in [6.45, 7) is 2.43. The highest BCUT2D eigenvalue weighted by molar-refractivity contribution is 9.10. The molecular formula is C12H10BrClN2O. The molecule has 0 N–H and O–H groups in total. The van der Waals surface area contributed by atoms with E-state index >= 15 is 0 Å². The molecule has 0 spiro atoms. The molecule has 0 saturated carbocycles. The van der Waals surface area contributed by atoms with Crippen molar-refractivity contribution >= 4 is 27.5 Å². The molecule has 0 aliphatic carbocycles. The maximum Gasteiger partial charge on any atom is 0.152 e. The van der Waals surface area contributed by atoms with Crippen molar-refractivity contribution < 1.29 is 4.74 Å². The number of ether oxygens (including phenoxy) is 1.